The van der Waals surface area contributed by atoms with Crippen LogP contribution in [0.4, 0.5) is 0 Å². The number of hydrogen-bond acceptors (Lipinski definition) is 5. The largest absolute Gasteiger partial charge is 0.337 e. The number of fused-ring (bicyclic) bond motifs is 3. The maximum absolute atomic E-state index is 13.2. The lowest BCUT2D eigenvalue weighted by atomic mass is 9.70. The second-order valence-electron chi connectivity index (χ2n) is 12.1. The first kappa shape index (κ1) is 27.4. The molecule has 1 amide bonds. The fourth-order valence-corrected chi connectivity index (χ4v) is 8.93. The summed E-state index contributed by atoms with van der Waals surface area (Å²) in [7, 11) is 0. The average Bonchev–Trinajstić information content (AvgIpc) is 3.60. The van der Waals surface area contributed by atoms with E-state index in [0.717, 1.165) is 48.7 Å². The Morgan fingerprint density at radius 2 is 1.66 bits per heavy atom. The molecule has 5 heterocycles. The predicted octanol–water partition coefficient (Wildman–Crippen LogP) is 7.54. The van der Waals surface area contributed by atoms with Crippen molar-refractivity contribution in [1.29, 1.82) is 0 Å². The molecule has 0 N–H and O–H groups in total. The fraction of sp³-hybridized carbons (Fsp3) is 0.469. The molecule has 9 heteroatoms. The van der Waals surface area contributed by atoms with Crippen LogP contribution in [0.1, 0.15) is 72.9 Å². The van der Waals surface area contributed by atoms with Gasteiger partial charge in [-0.2, -0.15) is 4.37 Å². The van der Waals surface area contributed by atoms with Crippen LogP contribution in [0.15, 0.2) is 54.6 Å². The van der Waals surface area contributed by atoms with Gasteiger partial charge in [-0.25, -0.2) is 4.98 Å². The molecule has 0 spiro atoms. The minimum atomic E-state index is -0.109. The van der Waals surface area contributed by atoms with E-state index in [4.69, 9.17) is 28.2 Å². The number of nitrogens with zero attached hydrogens (tertiary/aromatic N) is 5. The van der Waals surface area contributed by atoms with E-state index < -0.39 is 0 Å². The summed E-state index contributed by atoms with van der Waals surface area (Å²) in [6.07, 6.45) is 7.92. The Kier molecular flexibility index (Phi) is 7.34. The van der Waals surface area contributed by atoms with Crippen molar-refractivity contribution in [1.82, 2.24) is 23.7 Å². The van der Waals surface area contributed by atoms with Crippen molar-refractivity contribution in [2.45, 2.75) is 75.4 Å². The lowest BCUT2D eigenvalue weighted by Gasteiger charge is -2.45. The Hall–Kier alpha value is -2.45. The molecular weight excluding hydrogens is 573 g/mol. The zero-order valence-electron chi connectivity index (χ0n) is 23.3. The number of aromatic nitrogens is 3. The predicted molar refractivity (Wildman–Crippen MR) is 166 cm³/mol. The summed E-state index contributed by atoms with van der Waals surface area (Å²) in [5.41, 5.74) is 4.11. The van der Waals surface area contributed by atoms with E-state index in [2.05, 4.69) is 75.4 Å². The maximum atomic E-state index is 13.2. The van der Waals surface area contributed by atoms with Gasteiger partial charge < -0.3 is 9.47 Å². The first-order valence-electron chi connectivity index (χ1n) is 14.8. The van der Waals surface area contributed by atoms with Gasteiger partial charge in [0.2, 0.25) is 0 Å². The van der Waals surface area contributed by atoms with Crippen LogP contribution in [0.3, 0.4) is 0 Å². The molecule has 3 saturated heterocycles. The molecule has 2 aromatic heterocycles. The van der Waals surface area contributed by atoms with Gasteiger partial charge in [-0.15, -0.1) is 0 Å². The number of rotatable bonds is 6. The lowest BCUT2D eigenvalue weighted by Crippen LogP contribution is -2.49. The quantitative estimate of drug-likeness (QED) is 0.227. The molecule has 0 radical (unpaired) electrons. The number of carbonyl (C=O) groups excluding carboxylic acids is 1. The van der Waals surface area contributed by atoms with Crippen molar-refractivity contribution in [3.05, 3.63) is 81.0 Å². The van der Waals surface area contributed by atoms with E-state index in [1.807, 2.05) is 4.90 Å². The number of halogens is 2. The molecular formula is C32H35Cl2N5OS. The highest BCUT2D eigenvalue weighted by molar-refractivity contribution is 7.11. The maximum Gasteiger partial charge on any atom is 0.275 e. The third-order valence-electron chi connectivity index (χ3n) is 10.0. The summed E-state index contributed by atoms with van der Waals surface area (Å²) < 4.78 is 7.11. The Labute approximate surface area is 255 Å². The van der Waals surface area contributed by atoms with Crippen LogP contribution in [0.2, 0.25) is 9.36 Å². The molecule has 41 heavy (non-hydrogen) atoms. The Morgan fingerprint density at radius 3 is 2.34 bits per heavy atom. The third-order valence-corrected chi connectivity index (χ3v) is 11.7. The molecule has 3 atom stereocenters. The molecule has 1 unspecified atom stereocenters. The molecule has 0 aliphatic carbocycles. The van der Waals surface area contributed by atoms with Gasteiger partial charge in [-0.1, -0.05) is 65.7 Å². The van der Waals surface area contributed by atoms with Gasteiger partial charge in [-0.05, 0) is 93.1 Å². The number of imidazole rings is 1. The van der Waals surface area contributed by atoms with Gasteiger partial charge in [0.1, 0.15) is 15.2 Å². The van der Waals surface area contributed by atoms with Gasteiger partial charge >= 0.3 is 0 Å². The van der Waals surface area contributed by atoms with E-state index in [0.29, 0.717) is 35.6 Å². The monoisotopic (exact) mass is 607 g/mol. The minimum absolute atomic E-state index is 0.0506. The molecule has 7 rings (SSSR count). The van der Waals surface area contributed by atoms with E-state index >= 15 is 0 Å². The molecule has 0 saturated carbocycles. The highest BCUT2D eigenvalue weighted by atomic mass is 35.5. The second kappa shape index (κ2) is 11.0. The number of para-hydroxylation sites is 2. The summed E-state index contributed by atoms with van der Waals surface area (Å²) in [6.45, 7) is 4.65. The summed E-state index contributed by atoms with van der Waals surface area (Å²) in [5.74, 6) is 1.02. The molecule has 3 fully saturated rings. The van der Waals surface area contributed by atoms with Crippen molar-refractivity contribution in [2.75, 3.05) is 19.6 Å². The summed E-state index contributed by atoms with van der Waals surface area (Å²) >= 11 is 13.5. The normalized spacial score (nSPS) is 24.3. The SMILES string of the molecule is Cc1nc2ccccc2n1C1C[C@H]2CC[C@@H](C1)N2CCC1(c2ccccc2)CCN(C(=O)c2nsc(Cl)c2Cl)CC1. The van der Waals surface area contributed by atoms with Crippen molar-refractivity contribution < 1.29 is 4.79 Å². The fourth-order valence-electron chi connectivity index (χ4n) is 7.94. The first-order chi connectivity index (χ1) is 19.9. The number of aryl methyl sites for hydroxylation is 1. The minimum Gasteiger partial charge on any atom is -0.337 e. The van der Waals surface area contributed by atoms with Crippen LogP contribution < -0.4 is 0 Å². The highest BCUT2D eigenvalue weighted by Gasteiger charge is 2.44. The molecule has 2 bridgehead atoms. The van der Waals surface area contributed by atoms with E-state index in [1.165, 1.54) is 36.8 Å². The van der Waals surface area contributed by atoms with E-state index in [-0.39, 0.29) is 22.0 Å². The third kappa shape index (κ3) is 4.89. The van der Waals surface area contributed by atoms with E-state index in [1.54, 1.807) is 0 Å². The average molecular weight is 609 g/mol. The zero-order valence-corrected chi connectivity index (χ0v) is 25.6. The number of hydrogen-bond donors (Lipinski definition) is 0. The molecule has 4 aromatic rings. The number of amides is 1. The molecule has 2 aromatic carbocycles. The molecule has 214 valence electrons. The van der Waals surface area contributed by atoms with Crippen LogP contribution in [0.25, 0.3) is 11.0 Å². The lowest BCUT2D eigenvalue weighted by molar-refractivity contribution is 0.0603. The van der Waals surface area contributed by atoms with Gasteiger partial charge in [0.05, 0.1) is 11.0 Å². The Morgan fingerprint density at radius 1 is 0.976 bits per heavy atom. The number of piperidine rings is 2. The van der Waals surface area contributed by atoms with Gasteiger partial charge in [-0.3, -0.25) is 9.69 Å². The smallest absolute Gasteiger partial charge is 0.275 e. The Bertz CT molecular complexity index is 1550. The van der Waals surface area contributed by atoms with E-state index in [9.17, 15) is 4.79 Å². The highest BCUT2D eigenvalue weighted by Crippen LogP contribution is 2.45. The summed E-state index contributed by atoms with van der Waals surface area (Å²) in [4.78, 5) is 22.8. The van der Waals surface area contributed by atoms with Crippen LogP contribution in [0, 0.1) is 6.92 Å². The van der Waals surface area contributed by atoms with Crippen molar-refractivity contribution in [3.8, 4) is 0 Å². The van der Waals surface area contributed by atoms with Crippen LogP contribution >= 0.6 is 34.7 Å². The number of benzene rings is 2. The van der Waals surface area contributed by atoms with Crippen LogP contribution in [0.5, 0.6) is 0 Å². The van der Waals surface area contributed by atoms with Gasteiger partial charge in [0, 0.05) is 31.2 Å². The van der Waals surface area contributed by atoms with Crippen LogP contribution in [-0.2, 0) is 5.41 Å². The zero-order chi connectivity index (χ0) is 28.1. The first-order valence-corrected chi connectivity index (χ1v) is 16.3. The summed E-state index contributed by atoms with van der Waals surface area (Å²) in [6, 6.07) is 21.3. The van der Waals surface area contributed by atoms with Gasteiger partial charge in [0.25, 0.3) is 5.91 Å². The molecule has 6 nitrogen and oxygen atoms in total. The Balaban J connectivity index is 1.07. The summed E-state index contributed by atoms with van der Waals surface area (Å²) in [5, 5.41) is 0.277. The van der Waals surface area contributed by atoms with Crippen molar-refractivity contribution >= 4 is 51.7 Å². The van der Waals surface area contributed by atoms with Crippen LogP contribution in [-0.4, -0.2) is 61.3 Å². The standard InChI is InChI=1S/C32H35Cl2N5OS/c1-21-35-26-9-5-6-10-27(26)39(21)25-19-23-11-12-24(20-25)38(23)18-15-32(22-7-3-2-4-8-22)13-16-37(17-14-32)31(40)29-28(33)30(34)41-36-29/h2-10,23-25H,11-20H2,1H3/t23-,24+,25?. The van der Waals surface area contributed by atoms with Crippen molar-refractivity contribution in [2.24, 2.45) is 0 Å². The van der Waals surface area contributed by atoms with Gasteiger partial charge in [0.15, 0.2) is 5.69 Å². The molecule has 3 aliphatic heterocycles. The topological polar surface area (TPSA) is 54.3 Å². The molecule has 3 aliphatic rings. The number of likely N-dealkylation sites (tertiary alicyclic amines) is 1. The number of carbonyl (C=O) groups is 1. The van der Waals surface area contributed by atoms with Crippen molar-refractivity contribution in [3.63, 3.8) is 0 Å². The second-order valence-corrected chi connectivity index (χ2v) is 13.8.